The molecule has 0 saturated carbocycles. The number of rotatable bonds is 9. The lowest BCUT2D eigenvalue weighted by Crippen LogP contribution is -2.88. The van der Waals surface area contributed by atoms with Crippen molar-refractivity contribution in [2.75, 3.05) is 13.7 Å². The minimum Gasteiger partial charge on any atom is -0.490 e. The molecular weight excluding hydrogens is 434 g/mol. The molecule has 192 valence electrons. The number of benzene rings is 2. The standard InChI is InChI=1S/C30H41NO2.CH4O/c1-9-23-12-11-13-24(10-2)30(23)27-17-29(33-20(5)6)26(22(8)31-27)18-32-28-16-25(19(3)4)15-14-21(28)7;1-2/h11-17,19-20,22,31H,9-10,18H2,1-8H3;2H,1H3/p+1. The summed E-state index contributed by atoms with van der Waals surface area (Å²) < 4.78 is 12.7. The molecule has 1 aliphatic heterocycles. The van der Waals surface area contributed by atoms with E-state index >= 15 is 0 Å². The SMILES string of the molecule is CCc1cccc(CC)c1C1=CC(OC(C)C)=C(COc2cc(C(C)C)ccc2C)C(C)[NH2+]1.CO. The van der Waals surface area contributed by atoms with E-state index in [1.807, 2.05) is 0 Å². The first-order valence-corrected chi connectivity index (χ1v) is 13.0. The van der Waals surface area contributed by atoms with E-state index in [0.29, 0.717) is 12.5 Å². The van der Waals surface area contributed by atoms with E-state index in [1.54, 1.807) is 0 Å². The summed E-state index contributed by atoms with van der Waals surface area (Å²) in [5, 5.41) is 9.39. The molecule has 3 rings (SSSR count). The summed E-state index contributed by atoms with van der Waals surface area (Å²) in [5.74, 6) is 2.40. The van der Waals surface area contributed by atoms with Gasteiger partial charge in [-0.25, -0.2) is 0 Å². The molecule has 35 heavy (non-hydrogen) atoms. The van der Waals surface area contributed by atoms with Gasteiger partial charge in [-0.15, -0.1) is 0 Å². The van der Waals surface area contributed by atoms with E-state index in [1.165, 1.54) is 39.1 Å². The lowest BCUT2D eigenvalue weighted by Gasteiger charge is -2.27. The molecule has 2 aromatic carbocycles. The molecule has 0 amide bonds. The van der Waals surface area contributed by atoms with Crippen LogP contribution in [-0.2, 0) is 17.6 Å². The third kappa shape index (κ3) is 7.22. The number of nitrogens with two attached hydrogens (primary N) is 1. The fourth-order valence-corrected chi connectivity index (χ4v) is 4.50. The van der Waals surface area contributed by atoms with Crippen molar-refractivity contribution in [1.29, 1.82) is 0 Å². The third-order valence-corrected chi connectivity index (χ3v) is 6.49. The summed E-state index contributed by atoms with van der Waals surface area (Å²) in [6.07, 6.45) is 4.39. The van der Waals surface area contributed by atoms with Crippen molar-refractivity contribution in [2.45, 2.75) is 86.3 Å². The quantitative estimate of drug-likeness (QED) is 0.469. The highest BCUT2D eigenvalue weighted by Gasteiger charge is 2.29. The smallest absolute Gasteiger partial charge is 0.141 e. The fourth-order valence-electron chi connectivity index (χ4n) is 4.50. The van der Waals surface area contributed by atoms with Gasteiger partial charge in [0, 0.05) is 18.7 Å². The number of ether oxygens (including phenoxy) is 2. The van der Waals surface area contributed by atoms with Crippen LogP contribution < -0.4 is 10.1 Å². The van der Waals surface area contributed by atoms with E-state index < -0.39 is 0 Å². The minimum absolute atomic E-state index is 0.107. The number of hydrogen-bond acceptors (Lipinski definition) is 3. The van der Waals surface area contributed by atoms with Gasteiger partial charge in [-0.1, -0.05) is 58.0 Å². The Bertz CT molecular complexity index is 1010. The second kappa shape index (κ2) is 13.5. The molecule has 4 nitrogen and oxygen atoms in total. The highest BCUT2D eigenvalue weighted by molar-refractivity contribution is 5.68. The van der Waals surface area contributed by atoms with Gasteiger partial charge in [0.15, 0.2) is 0 Å². The maximum Gasteiger partial charge on any atom is 0.141 e. The molecule has 0 aliphatic carbocycles. The highest BCUT2D eigenvalue weighted by atomic mass is 16.5. The first kappa shape index (κ1) is 28.7. The van der Waals surface area contributed by atoms with Crippen LogP contribution in [0.15, 0.2) is 53.8 Å². The molecule has 0 saturated heterocycles. The van der Waals surface area contributed by atoms with Crippen molar-refractivity contribution >= 4 is 5.70 Å². The molecule has 0 radical (unpaired) electrons. The van der Waals surface area contributed by atoms with Crippen LogP contribution in [0, 0.1) is 6.92 Å². The largest absolute Gasteiger partial charge is 0.490 e. The van der Waals surface area contributed by atoms with E-state index in [2.05, 4.69) is 103 Å². The van der Waals surface area contributed by atoms with Gasteiger partial charge in [0.2, 0.25) is 0 Å². The van der Waals surface area contributed by atoms with Crippen LogP contribution >= 0.6 is 0 Å². The maximum atomic E-state index is 7.00. The molecule has 0 aromatic heterocycles. The van der Waals surface area contributed by atoms with Crippen molar-refractivity contribution in [3.05, 3.63) is 81.6 Å². The van der Waals surface area contributed by atoms with Gasteiger partial charge in [-0.3, -0.25) is 0 Å². The summed E-state index contributed by atoms with van der Waals surface area (Å²) in [6.45, 7) is 18.0. The number of aliphatic hydroxyl groups is 1. The van der Waals surface area contributed by atoms with Gasteiger partial charge in [0.1, 0.15) is 29.9 Å². The zero-order chi connectivity index (χ0) is 26.1. The Labute approximate surface area is 213 Å². The monoisotopic (exact) mass is 480 g/mol. The Morgan fingerprint density at radius 3 is 2.14 bits per heavy atom. The average molecular weight is 481 g/mol. The van der Waals surface area contributed by atoms with Gasteiger partial charge in [0.05, 0.1) is 11.7 Å². The van der Waals surface area contributed by atoms with Gasteiger partial charge in [-0.2, -0.15) is 0 Å². The highest BCUT2D eigenvalue weighted by Crippen LogP contribution is 2.29. The van der Waals surface area contributed by atoms with Crippen LogP contribution in [0.1, 0.15) is 82.2 Å². The number of quaternary nitrogens is 1. The average Bonchev–Trinajstić information content (AvgIpc) is 2.84. The first-order chi connectivity index (χ1) is 16.7. The molecular formula is C31H46NO3+. The fraction of sp³-hybridized carbons (Fsp3) is 0.484. The van der Waals surface area contributed by atoms with E-state index in [4.69, 9.17) is 14.6 Å². The van der Waals surface area contributed by atoms with Crippen molar-refractivity contribution in [3.63, 3.8) is 0 Å². The molecule has 0 bridgehead atoms. The predicted octanol–water partition coefficient (Wildman–Crippen LogP) is 5.92. The molecule has 2 aromatic rings. The van der Waals surface area contributed by atoms with E-state index in [-0.39, 0.29) is 12.1 Å². The normalized spacial score (nSPS) is 15.7. The second-order valence-corrected chi connectivity index (χ2v) is 9.74. The molecule has 1 aliphatic rings. The van der Waals surface area contributed by atoms with Crippen molar-refractivity contribution in [3.8, 4) is 5.75 Å². The summed E-state index contributed by atoms with van der Waals surface area (Å²) in [7, 11) is 1.00. The van der Waals surface area contributed by atoms with E-state index in [0.717, 1.165) is 31.5 Å². The molecule has 1 atom stereocenters. The van der Waals surface area contributed by atoms with Gasteiger partial charge >= 0.3 is 0 Å². The van der Waals surface area contributed by atoms with Crippen LogP contribution in [0.4, 0.5) is 0 Å². The summed E-state index contributed by atoms with van der Waals surface area (Å²) in [5.41, 5.74) is 9.11. The Morgan fingerprint density at radius 2 is 1.60 bits per heavy atom. The third-order valence-electron chi connectivity index (χ3n) is 6.49. The van der Waals surface area contributed by atoms with Crippen molar-refractivity contribution < 1.29 is 19.9 Å². The van der Waals surface area contributed by atoms with E-state index in [9.17, 15) is 0 Å². The van der Waals surface area contributed by atoms with Gasteiger partial charge in [-0.05, 0) is 74.8 Å². The van der Waals surface area contributed by atoms with Crippen LogP contribution in [0.5, 0.6) is 5.75 Å². The zero-order valence-electron chi connectivity index (χ0n) is 23.2. The molecule has 1 heterocycles. The Morgan fingerprint density at radius 1 is 0.971 bits per heavy atom. The number of hydrogen-bond donors (Lipinski definition) is 2. The molecule has 1 unspecified atom stereocenters. The van der Waals surface area contributed by atoms with Crippen LogP contribution in [0.2, 0.25) is 0 Å². The Hall–Kier alpha value is -2.56. The molecule has 3 N–H and O–H groups in total. The van der Waals surface area contributed by atoms with Crippen LogP contribution in [-0.4, -0.2) is 31.0 Å². The van der Waals surface area contributed by atoms with Gasteiger partial charge < -0.3 is 19.9 Å². The van der Waals surface area contributed by atoms with Crippen LogP contribution in [0.3, 0.4) is 0 Å². The van der Waals surface area contributed by atoms with Gasteiger partial charge in [0.25, 0.3) is 0 Å². The number of aliphatic hydroxyl groups excluding tert-OH is 1. The van der Waals surface area contributed by atoms with Crippen LogP contribution in [0.25, 0.3) is 5.70 Å². The molecule has 0 spiro atoms. The second-order valence-electron chi connectivity index (χ2n) is 9.74. The first-order valence-electron chi connectivity index (χ1n) is 13.0. The zero-order valence-corrected chi connectivity index (χ0v) is 23.2. The summed E-state index contributed by atoms with van der Waals surface area (Å²) >= 11 is 0. The molecule has 0 fully saturated rings. The van der Waals surface area contributed by atoms with Crippen molar-refractivity contribution in [2.24, 2.45) is 0 Å². The Kier molecular flexibility index (Phi) is 11.1. The Balaban J connectivity index is 0.00000210. The lowest BCUT2D eigenvalue weighted by molar-refractivity contribution is -0.591. The maximum absolute atomic E-state index is 7.00. The summed E-state index contributed by atoms with van der Waals surface area (Å²) in [6, 6.07) is 13.5. The predicted molar refractivity (Wildman–Crippen MR) is 147 cm³/mol. The summed E-state index contributed by atoms with van der Waals surface area (Å²) in [4.78, 5) is 0. The molecule has 4 heteroatoms. The number of allylic oxidation sites excluding steroid dienone is 1. The minimum atomic E-state index is 0.107. The lowest BCUT2D eigenvalue weighted by atomic mass is 9.91. The van der Waals surface area contributed by atoms with Crippen molar-refractivity contribution in [1.82, 2.24) is 0 Å². The number of aryl methyl sites for hydroxylation is 3. The topological polar surface area (TPSA) is 55.3 Å².